The molecule has 1 amide bonds. The second-order valence-corrected chi connectivity index (χ2v) is 6.32. The van der Waals surface area contributed by atoms with Crippen molar-refractivity contribution in [2.24, 2.45) is 5.92 Å². The highest BCUT2D eigenvalue weighted by atomic mass is 16.6. The molecule has 126 valence electrons. The van der Waals surface area contributed by atoms with Gasteiger partial charge in [0.25, 0.3) is 5.56 Å². The van der Waals surface area contributed by atoms with Crippen LogP contribution in [0.3, 0.4) is 0 Å². The van der Waals surface area contributed by atoms with E-state index >= 15 is 0 Å². The molecule has 1 aromatic heterocycles. The quantitative estimate of drug-likeness (QED) is 0.883. The number of H-pyrrole nitrogens is 1. The minimum Gasteiger partial charge on any atom is -0.477 e. The van der Waals surface area contributed by atoms with Crippen molar-refractivity contribution in [3.8, 4) is 0 Å². The summed E-state index contributed by atoms with van der Waals surface area (Å²) in [5, 5.41) is 9.02. The first kappa shape index (κ1) is 17.1. The van der Waals surface area contributed by atoms with Gasteiger partial charge in [-0.15, -0.1) is 0 Å². The lowest BCUT2D eigenvalue weighted by molar-refractivity contribution is 0.0579. The number of nitrogens with one attached hydrogen (secondary N) is 1. The number of carboxylic acid groups (broad SMARTS) is 1. The number of carbonyl (C=O) groups is 2. The van der Waals surface area contributed by atoms with Gasteiger partial charge in [-0.3, -0.25) is 4.79 Å². The molecule has 1 unspecified atom stereocenters. The number of aromatic amines is 1. The predicted molar refractivity (Wildman–Crippen MR) is 83.5 cm³/mol. The maximum atomic E-state index is 12.2. The molecule has 0 saturated heterocycles. The van der Waals surface area contributed by atoms with Gasteiger partial charge < -0.3 is 19.7 Å². The molecule has 2 rings (SSSR count). The molecule has 1 aromatic rings. The van der Waals surface area contributed by atoms with Crippen LogP contribution in [0.4, 0.5) is 4.79 Å². The van der Waals surface area contributed by atoms with Gasteiger partial charge >= 0.3 is 12.1 Å². The zero-order valence-corrected chi connectivity index (χ0v) is 13.6. The summed E-state index contributed by atoms with van der Waals surface area (Å²) >= 11 is 0. The number of aromatic carboxylic acids is 1. The first-order chi connectivity index (χ1) is 10.8. The Bertz CT molecular complexity index is 665. The summed E-state index contributed by atoms with van der Waals surface area (Å²) < 4.78 is 5.42. The average molecular weight is 322 g/mol. The monoisotopic (exact) mass is 322 g/mol. The average Bonchev–Trinajstić information content (AvgIpc) is 2.44. The topological polar surface area (TPSA) is 99.7 Å². The summed E-state index contributed by atoms with van der Waals surface area (Å²) in [6.07, 6.45) is 0.672. The van der Waals surface area contributed by atoms with Crippen molar-refractivity contribution in [3.05, 3.63) is 33.2 Å². The molecule has 0 aromatic carbocycles. The van der Waals surface area contributed by atoms with E-state index in [0.29, 0.717) is 30.1 Å². The van der Waals surface area contributed by atoms with Crippen LogP contribution >= 0.6 is 0 Å². The smallest absolute Gasteiger partial charge is 0.410 e. The van der Waals surface area contributed by atoms with Crippen molar-refractivity contribution in [2.75, 3.05) is 6.54 Å². The summed E-state index contributed by atoms with van der Waals surface area (Å²) in [5.41, 5.74) is 0.394. The van der Waals surface area contributed by atoms with E-state index in [1.807, 2.05) is 6.92 Å². The molecule has 7 heteroatoms. The van der Waals surface area contributed by atoms with E-state index in [0.717, 1.165) is 6.42 Å². The van der Waals surface area contributed by atoms with Gasteiger partial charge in [0.15, 0.2) is 0 Å². The molecule has 7 nitrogen and oxygen atoms in total. The van der Waals surface area contributed by atoms with Gasteiger partial charge in [0.05, 0.1) is 6.54 Å². The number of hydrogen-bond acceptors (Lipinski definition) is 4. The number of rotatable bonds is 4. The van der Waals surface area contributed by atoms with Crippen LogP contribution < -0.4 is 5.56 Å². The number of carboxylic acids is 1. The van der Waals surface area contributed by atoms with E-state index in [1.165, 1.54) is 11.0 Å². The SMILES string of the molecule is CC(C)CC(C)OC(=O)N1CCc2[nH]c(=O)c(C(=O)O)cc2C1. The fourth-order valence-electron chi connectivity index (χ4n) is 2.78. The van der Waals surface area contributed by atoms with Gasteiger partial charge in [-0.2, -0.15) is 0 Å². The Morgan fingerprint density at radius 3 is 2.70 bits per heavy atom. The third-order valence-corrected chi connectivity index (χ3v) is 3.80. The molecule has 0 saturated carbocycles. The molecule has 0 aliphatic carbocycles. The summed E-state index contributed by atoms with van der Waals surface area (Å²) in [7, 11) is 0. The van der Waals surface area contributed by atoms with E-state index in [-0.39, 0.29) is 18.2 Å². The van der Waals surface area contributed by atoms with Crippen molar-refractivity contribution in [1.29, 1.82) is 0 Å². The van der Waals surface area contributed by atoms with Crippen molar-refractivity contribution in [1.82, 2.24) is 9.88 Å². The lowest BCUT2D eigenvalue weighted by Crippen LogP contribution is -2.39. The molecule has 1 atom stereocenters. The van der Waals surface area contributed by atoms with Crippen LogP contribution in [0.5, 0.6) is 0 Å². The van der Waals surface area contributed by atoms with Gasteiger partial charge in [0.1, 0.15) is 11.7 Å². The van der Waals surface area contributed by atoms with E-state index in [4.69, 9.17) is 9.84 Å². The van der Waals surface area contributed by atoms with Crippen LogP contribution in [-0.4, -0.2) is 39.7 Å². The summed E-state index contributed by atoms with van der Waals surface area (Å²) in [5.74, 6) is -0.845. The highest BCUT2D eigenvalue weighted by Crippen LogP contribution is 2.18. The molecular formula is C16H22N2O5. The maximum Gasteiger partial charge on any atom is 0.410 e. The van der Waals surface area contributed by atoms with Gasteiger partial charge in [0, 0.05) is 18.7 Å². The number of carbonyl (C=O) groups excluding carboxylic acids is 1. The predicted octanol–water partition coefficient (Wildman–Crippen LogP) is 2.00. The second-order valence-electron chi connectivity index (χ2n) is 6.32. The van der Waals surface area contributed by atoms with Crippen molar-refractivity contribution in [2.45, 2.75) is 46.3 Å². The molecule has 1 aliphatic rings. The standard InChI is InChI=1S/C16H22N2O5/c1-9(2)6-10(3)23-16(22)18-5-4-13-11(8-18)7-12(15(20)21)14(19)17-13/h7,9-10H,4-6,8H2,1-3H3,(H,17,19)(H,20,21). The number of aromatic nitrogens is 1. The Kier molecular flexibility index (Phi) is 5.08. The second kappa shape index (κ2) is 6.85. The first-order valence-corrected chi connectivity index (χ1v) is 7.71. The van der Waals surface area contributed by atoms with E-state index in [9.17, 15) is 14.4 Å². The molecule has 2 heterocycles. The Morgan fingerprint density at radius 1 is 1.39 bits per heavy atom. The molecule has 0 fully saturated rings. The van der Waals surface area contributed by atoms with Crippen LogP contribution in [-0.2, 0) is 17.7 Å². The van der Waals surface area contributed by atoms with Crippen LogP contribution in [0, 0.1) is 5.92 Å². The summed E-state index contributed by atoms with van der Waals surface area (Å²) in [6, 6.07) is 1.34. The molecule has 2 N–H and O–H groups in total. The lowest BCUT2D eigenvalue weighted by atomic mass is 10.0. The third kappa shape index (κ3) is 4.12. The van der Waals surface area contributed by atoms with Crippen LogP contribution in [0.15, 0.2) is 10.9 Å². The normalized spacial score (nSPS) is 15.2. The Labute approximate surface area is 134 Å². The van der Waals surface area contributed by atoms with Gasteiger partial charge in [-0.25, -0.2) is 9.59 Å². The van der Waals surface area contributed by atoms with Crippen LogP contribution in [0.2, 0.25) is 0 Å². The number of hydrogen-bond donors (Lipinski definition) is 2. The highest BCUT2D eigenvalue weighted by molar-refractivity contribution is 5.87. The Hall–Kier alpha value is -2.31. The maximum absolute atomic E-state index is 12.2. The lowest BCUT2D eigenvalue weighted by Gasteiger charge is -2.29. The zero-order chi connectivity index (χ0) is 17.1. The molecule has 1 aliphatic heterocycles. The number of nitrogens with zero attached hydrogens (tertiary/aromatic N) is 1. The fourth-order valence-corrected chi connectivity index (χ4v) is 2.78. The zero-order valence-electron chi connectivity index (χ0n) is 13.6. The molecule has 0 radical (unpaired) electrons. The van der Waals surface area contributed by atoms with Gasteiger partial charge in [-0.1, -0.05) is 13.8 Å². The minimum atomic E-state index is -1.28. The molecule has 0 bridgehead atoms. The van der Waals surface area contributed by atoms with Crippen molar-refractivity contribution >= 4 is 12.1 Å². The largest absolute Gasteiger partial charge is 0.477 e. The van der Waals surface area contributed by atoms with E-state index in [1.54, 1.807) is 0 Å². The first-order valence-electron chi connectivity index (χ1n) is 7.71. The van der Waals surface area contributed by atoms with Gasteiger partial charge in [-0.05, 0) is 30.9 Å². The number of pyridine rings is 1. The van der Waals surface area contributed by atoms with Crippen molar-refractivity contribution < 1.29 is 19.4 Å². The number of ether oxygens (including phenoxy) is 1. The summed E-state index contributed by atoms with van der Waals surface area (Å²) in [6.45, 7) is 6.65. The third-order valence-electron chi connectivity index (χ3n) is 3.80. The van der Waals surface area contributed by atoms with Gasteiger partial charge in [0.2, 0.25) is 0 Å². The number of amides is 1. The fraction of sp³-hybridized carbons (Fsp3) is 0.562. The van der Waals surface area contributed by atoms with Crippen molar-refractivity contribution in [3.63, 3.8) is 0 Å². The molecule has 0 spiro atoms. The number of fused-ring (bicyclic) bond motifs is 1. The van der Waals surface area contributed by atoms with E-state index in [2.05, 4.69) is 18.8 Å². The molecular weight excluding hydrogens is 300 g/mol. The van der Waals surface area contributed by atoms with Crippen LogP contribution in [0.1, 0.15) is 48.8 Å². The van der Waals surface area contributed by atoms with Crippen LogP contribution in [0.25, 0.3) is 0 Å². The minimum absolute atomic E-state index is 0.172. The summed E-state index contributed by atoms with van der Waals surface area (Å²) in [4.78, 5) is 39.0. The molecule has 23 heavy (non-hydrogen) atoms. The highest BCUT2D eigenvalue weighted by Gasteiger charge is 2.25. The van der Waals surface area contributed by atoms with E-state index < -0.39 is 17.6 Å². The Balaban J connectivity index is 2.10. The Morgan fingerprint density at radius 2 is 2.09 bits per heavy atom.